The number of carbonyl (C=O) groups is 3. The maximum atomic E-state index is 11.6. The number of hydrogen-bond donors (Lipinski definition) is 0. The van der Waals surface area contributed by atoms with E-state index in [0.29, 0.717) is 11.5 Å². The fourth-order valence-corrected chi connectivity index (χ4v) is 2.41. The second-order valence-corrected chi connectivity index (χ2v) is 6.12. The van der Waals surface area contributed by atoms with Crippen LogP contribution >= 0.6 is 22.6 Å². The molecule has 0 unspecified atom stereocenters. The molecule has 1 aromatic rings. The highest BCUT2D eigenvalue weighted by Crippen LogP contribution is 2.14. The summed E-state index contributed by atoms with van der Waals surface area (Å²) in [5.41, 5.74) is 1.23. The molecule has 112 valence electrons. The fourth-order valence-electron chi connectivity index (χ4n) is 2.05. The number of carbonyl (C=O) groups excluding carboxylic acids is 3. The van der Waals surface area contributed by atoms with E-state index in [-0.39, 0.29) is 19.3 Å². The first-order chi connectivity index (χ1) is 10.1. The minimum absolute atomic E-state index is 0.124. The van der Waals surface area contributed by atoms with Crippen LogP contribution in [0.2, 0.25) is 0 Å². The highest BCUT2D eigenvalue weighted by Gasteiger charge is 2.32. The summed E-state index contributed by atoms with van der Waals surface area (Å²) >= 11 is 2.26. The highest BCUT2D eigenvalue weighted by atomic mass is 127. The Morgan fingerprint density at radius 1 is 1.10 bits per heavy atom. The Labute approximate surface area is 136 Å². The van der Waals surface area contributed by atoms with Gasteiger partial charge in [-0.3, -0.25) is 9.59 Å². The number of benzene rings is 1. The summed E-state index contributed by atoms with van der Waals surface area (Å²) in [6, 6.07) is 8.24. The summed E-state index contributed by atoms with van der Waals surface area (Å²) < 4.78 is 1.19. The quantitative estimate of drug-likeness (QED) is 0.418. The summed E-state index contributed by atoms with van der Waals surface area (Å²) in [4.78, 5) is 39.0. The molecule has 0 N–H and O–H groups in total. The predicted octanol–water partition coefficient (Wildman–Crippen LogP) is 2.61. The molecular weight excluding hydrogens is 385 g/mol. The third-order valence-corrected chi connectivity index (χ3v) is 3.93. The van der Waals surface area contributed by atoms with Gasteiger partial charge in [0.05, 0.1) is 0 Å². The van der Waals surface area contributed by atoms with E-state index in [1.807, 2.05) is 0 Å². The summed E-state index contributed by atoms with van der Waals surface area (Å²) in [6.45, 7) is 0. The van der Waals surface area contributed by atoms with E-state index in [1.165, 1.54) is 9.13 Å². The van der Waals surface area contributed by atoms with E-state index in [0.717, 1.165) is 12.8 Å². The summed E-state index contributed by atoms with van der Waals surface area (Å²) in [7, 11) is 0. The van der Waals surface area contributed by atoms with Gasteiger partial charge < -0.3 is 4.84 Å². The van der Waals surface area contributed by atoms with E-state index in [4.69, 9.17) is 4.84 Å². The number of unbranched alkanes of at least 4 members (excludes halogenated alkanes) is 1. The van der Waals surface area contributed by atoms with Crippen molar-refractivity contribution in [3.63, 3.8) is 0 Å². The molecule has 21 heavy (non-hydrogen) atoms. The van der Waals surface area contributed by atoms with Gasteiger partial charge in [0.2, 0.25) is 0 Å². The maximum absolute atomic E-state index is 11.6. The number of nitrogens with zero attached hydrogens (tertiary/aromatic N) is 1. The van der Waals surface area contributed by atoms with Gasteiger partial charge in [0.15, 0.2) is 0 Å². The van der Waals surface area contributed by atoms with Crippen LogP contribution < -0.4 is 0 Å². The Kier molecular flexibility index (Phi) is 5.72. The van der Waals surface area contributed by atoms with Crippen LogP contribution in [0.1, 0.15) is 37.7 Å². The van der Waals surface area contributed by atoms with Crippen molar-refractivity contribution in [2.24, 2.45) is 0 Å². The molecule has 0 saturated carbocycles. The normalized spacial score (nSPS) is 14.6. The third kappa shape index (κ3) is 4.80. The van der Waals surface area contributed by atoms with Gasteiger partial charge in [0.25, 0.3) is 11.8 Å². The summed E-state index contributed by atoms with van der Waals surface area (Å²) in [5, 5.41) is 0.599. The number of aryl methyl sites for hydroxylation is 1. The van der Waals surface area contributed by atoms with Crippen LogP contribution in [0.3, 0.4) is 0 Å². The van der Waals surface area contributed by atoms with Crippen LogP contribution in [0.4, 0.5) is 0 Å². The zero-order valence-corrected chi connectivity index (χ0v) is 13.7. The van der Waals surface area contributed by atoms with Crippen molar-refractivity contribution in [2.45, 2.75) is 38.5 Å². The largest absolute Gasteiger partial charge is 0.333 e. The Hall–Kier alpha value is -1.44. The molecule has 5 nitrogen and oxygen atoms in total. The number of hydrogen-bond acceptors (Lipinski definition) is 4. The molecule has 1 fully saturated rings. The Balaban J connectivity index is 1.66. The van der Waals surface area contributed by atoms with Gasteiger partial charge in [0, 0.05) is 22.8 Å². The zero-order chi connectivity index (χ0) is 15.2. The first-order valence-electron chi connectivity index (χ1n) is 6.87. The number of amides is 2. The molecule has 0 radical (unpaired) electrons. The molecule has 0 aromatic heterocycles. The highest BCUT2D eigenvalue weighted by molar-refractivity contribution is 14.1. The van der Waals surface area contributed by atoms with Crippen molar-refractivity contribution in [1.29, 1.82) is 0 Å². The van der Waals surface area contributed by atoms with Crippen LogP contribution in [-0.2, 0) is 25.6 Å². The lowest BCUT2D eigenvalue weighted by molar-refractivity contribution is -0.197. The zero-order valence-electron chi connectivity index (χ0n) is 11.5. The predicted molar refractivity (Wildman–Crippen MR) is 83.9 cm³/mol. The van der Waals surface area contributed by atoms with E-state index in [2.05, 4.69) is 46.9 Å². The van der Waals surface area contributed by atoms with E-state index in [1.54, 1.807) is 0 Å². The summed E-state index contributed by atoms with van der Waals surface area (Å²) in [6.07, 6.45) is 2.88. The van der Waals surface area contributed by atoms with E-state index in [9.17, 15) is 14.4 Å². The number of hydroxylamine groups is 2. The third-order valence-electron chi connectivity index (χ3n) is 3.21. The number of imide groups is 1. The lowest BCUT2D eigenvalue weighted by Gasteiger charge is -2.12. The molecule has 0 bridgehead atoms. The topological polar surface area (TPSA) is 63.7 Å². The molecule has 2 amide bonds. The van der Waals surface area contributed by atoms with Crippen LogP contribution in [0.25, 0.3) is 0 Å². The van der Waals surface area contributed by atoms with Gasteiger partial charge in [-0.2, -0.15) is 0 Å². The number of rotatable bonds is 6. The van der Waals surface area contributed by atoms with Crippen molar-refractivity contribution in [3.05, 3.63) is 33.4 Å². The monoisotopic (exact) mass is 401 g/mol. The maximum Gasteiger partial charge on any atom is 0.333 e. The van der Waals surface area contributed by atoms with Crippen molar-refractivity contribution >= 4 is 40.4 Å². The van der Waals surface area contributed by atoms with Gasteiger partial charge in [0.1, 0.15) is 0 Å². The summed E-state index contributed by atoms with van der Waals surface area (Å²) in [5.74, 6) is -1.40. The first-order valence-corrected chi connectivity index (χ1v) is 7.95. The lowest BCUT2D eigenvalue weighted by Crippen LogP contribution is -2.31. The first kappa shape index (κ1) is 15.9. The van der Waals surface area contributed by atoms with Gasteiger partial charge in [-0.15, -0.1) is 5.06 Å². The van der Waals surface area contributed by atoms with Crippen LogP contribution in [0.15, 0.2) is 24.3 Å². The SMILES string of the molecule is O=C(CCCCc1ccc(I)cc1)ON1C(=O)CCC1=O. The van der Waals surface area contributed by atoms with Crippen LogP contribution in [0.5, 0.6) is 0 Å². The molecule has 6 heteroatoms. The molecule has 2 rings (SSSR count). The van der Waals surface area contributed by atoms with Crippen LogP contribution in [-0.4, -0.2) is 22.8 Å². The van der Waals surface area contributed by atoms with Gasteiger partial charge >= 0.3 is 5.97 Å². The standard InChI is InChI=1S/C15H16INO4/c16-12-7-5-11(6-8-12)3-1-2-4-15(20)21-17-13(18)9-10-14(17)19/h5-8H,1-4,9-10H2. The van der Waals surface area contributed by atoms with Crippen molar-refractivity contribution in [2.75, 3.05) is 0 Å². The van der Waals surface area contributed by atoms with Crippen molar-refractivity contribution < 1.29 is 19.2 Å². The molecule has 1 aliphatic heterocycles. The average Bonchev–Trinajstić information content (AvgIpc) is 2.77. The van der Waals surface area contributed by atoms with E-state index >= 15 is 0 Å². The molecular formula is C15H16INO4. The number of halogens is 1. The molecule has 0 atom stereocenters. The van der Waals surface area contributed by atoms with Gasteiger partial charge in [-0.1, -0.05) is 12.1 Å². The molecule has 1 aromatic carbocycles. The second-order valence-electron chi connectivity index (χ2n) is 4.88. The molecule has 0 aliphatic carbocycles. The Bertz CT molecular complexity index is 525. The molecule has 1 heterocycles. The second kappa shape index (κ2) is 7.53. The van der Waals surface area contributed by atoms with Crippen molar-refractivity contribution in [1.82, 2.24) is 5.06 Å². The van der Waals surface area contributed by atoms with E-state index < -0.39 is 17.8 Å². The molecule has 1 aliphatic rings. The molecule has 0 spiro atoms. The van der Waals surface area contributed by atoms with Gasteiger partial charge in [-0.05, 0) is 59.5 Å². The van der Waals surface area contributed by atoms with Crippen molar-refractivity contribution in [3.8, 4) is 0 Å². The van der Waals surface area contributed by atoms with Crippen LogP contribution in [0, 0.1) is 3.57 Å². The minimum Gasteiger partial charge on any atom is -0.330 e. The molecule has 1 saturated heterocycles. The van der Waals surface area contributed by atoms with Gasteiger partial charge in [-0.25, -0.2) is 4.79 Å². The average molecular weight is 401 g/mol. The Morgan fingerprint density at radius 2 is 1.71 bits per heavy atom. The smallest absolute Gasteiger partial charge is 0.330 e. The fraction of sp³-hybridized carbons (Fsp3) is 0.400. The lowest BCUT2D eigenvalue weighted by atomic mass is 10.1. The minimum atomic E-state index is -0.527. The Morgan fingerprint density at radius 3 is 2.33 bits per heavy atom.